The van der Waals surface area contributed by atoms with Crippen LogP contribution in [0, 0.1) is 5.92 Å². The molecule has 164 valence electrons. The summed E-state index contributed by atoms with van der Waals surface area (Å²) in [6, 6.07) is 2.18. The molecule has 0 spiro atoms. The Hall–Kier alpha value is 0.137. The summed E-state index contributed by atoms with van der Waals surface area (Å²) in [6.45, 7) is 13.2. The van der Waals surface area contributed by atoms with Gasteiger partial charge in [-0.3, -0.25) is 0 Å². The third kappa shape index (κ3) is 14.7. The molecule has 1 unspecified atom stereocenters. The highest BCUT2D eigenvalue weighted by Gasteiger charge is 2.34. The second-order valence-corrected chi connectivity index (χ2v) is 12.2. The lowest BCUT2D eigenvalue weighted by Crippen LogP contribution is -2.42. The summed E-state index contributed by atoms with van der Waals surface area (Å²) in [4.78, 5) is 0. The van der Waals surface area contributed by atoms with Gasteiger partial charge < -0.3 is 8.85 Å². The molecule has 3 heteroatoms. The number of hydrogen-bond acceptors (Lipinski definition) is 2. The predicted octanol–water partition coefficient (Wildman–Crippen LogP) is 8.64. The van der Waals surface area contributed by atoms with E-state index in [2.05, 4.69) is 34.6 Å². The van der Waals surface area contributed by atoms with Gasteiger partial charge in [-0.2, -0.15) is 0 Å². The van der Waals surface area contributed by atoms with E-state index >= 15 is 0 Å². The highest BCUT2D eigenvalue weighted by molar-refractivity contribution is 6.67. The fourth-order valence-electron chi connectivity index (χ4n) is 3.72. The van der Waals surface area contributed by atoms with Crippen LogP contribution < -0.4 is 0 Å². The quantitative estimate of drug-likeness (QED) is 0.142. The molecule has 0 heterocycles. The fourth-order valence-corrected chi connectivity index (χ4v) is 6.17. The average molecular weight is 401 g/mol. The molecule has 27 heavy (non-hydrogen) atoms. The molecule has 0 aliphatic carbocycles. The van der Waals surface area contributed by atoms with Crippen LogP contribution >= 0.6 is 0 Å². The van der Waals surface area contributed by atoms with E-state index in [4.69, 9.17) is 8.85 Å². The van der Waals surface area contributed by atoms with Gasteiger partial charge in [0, 0.05) is 13.2 Å². The lowest BCUT2D eigenvalue weighted by Gasteiger charge is -2.30. The lowest BCUT2D eigenvalue weighted by molar-refractivity contribution is 0.137. The summed E-state index contributed by atoms with van der Waals surface area (Å²) in [5.74, 6) is 0.718. The Bertz CT molecular complexity index is 292. The van der Waals surface area contributed by atoms with Crippen molar-refractivity contribution >= 4 is 8.56 Å². The molecular formula is C24H52O2Si. The highest BCUT2D eigenvalue weighted by Crippen LogP contribution is 2.23. The zero-order valence-corrected chi connectivity index (χ0v) is 20.6. The molecule has 0 aromatic rings. The monoisotopic (exact) mass is 400 g/mol. The first-order valence-corrected chi connectivity index (χ1v) is 14.7. The van der Waals surface area contributed by atoms with Gasteiger partial charge in [-0.25, -0.2) is 0 Å². The maximum Gasteiger partial charge on any atom is 0.337 e. The summed E-state index contributed by atoms with van der Waals surface area (Å²) >= 11 is 0. The van der Waals surface area contributed by atoms with Crippen molar-refractivity contribution in [2.75, 3.05) is 13.2 Å². The first kappa shape index (κ1) is 27.1. The van der Waals surface area contributed by atoms with E-state index < -0.39 is 8.56 Å². The largest absolute Gasteiger partial charge is 0.394 e. The molecular weight excluding hydrogens is 348 g/mol. The van der Waals surface area contributed by atoms with Gasteiger partial charge in [-0.05, 0) is 30.8 Å². The van der Waals surface area contributed by atoms with Crippen molar-refractivity contribution in [3.63, 3.8) is 0 Å². The maximum absolute atomic E-state index is 6.49. The topological polar surface area (TPSA) is 18.5 Å². The average Bonchev–Trinajstić information content (AvgIpc) is 2.70. The molecule has 0 N–H and O–H groups in total. The van der Waals surface area contributed by atoms with Crippen molar-refractivity contribution in [3.8, 4) is 0 Å². The molecule has 0 aromatic carbocycles. The Kier molecular flexibility index (Phi) is 19.6. The number of unbranched alkanes of at least 4 members (excludes halogenated alkanes) is 10. The van der Waals surface area contributed by atoms with E-state index in [1.807, 2.05) is 0 Å². The Morgan fingerprint density at radius 2 is 1.11 bits per heavy atom. The summed E-state index contributed by atoms with van der Waals surface area (Å²) < 4.78 is 12.9. The molecule has 2 nitrogen and oxygen atoms in total. The van der Waals surface area contributed by atoms with Crippen LogP contribution in [-0.4, -0.2) is 21.8 Å². The minimum Gasteiger partial charge on any atom is -0.394 e. The summed E-state index contributed by atoms with van der Waals surface area (Å²) in [6.07, 6.45) is 19.0. The molecule has 0 radical (unpaired) electrons. The highest BCUT2D eigenvalue weighted by atomic mass is 28.4. The van der Waals surface area contributed by atoms with E-state index in [1.54, 1.807) is 0 Å². The van der Waals surface area contributed by atoms with Gasteiger partial charge in [0.1, 0.15) is 0 Å². The first-order valence-electron chi connectivity index (χ1n) is 12.5. The Morgan fingerprint density at radius 1 is 0.593 bits per heavy atom. The third-order valence-corrected chi connectivity index (χ3v) is 9.64. The predicted molar refractivity (Wildman–Crippen MR) is 124 cm³/mol. The Morgan fingerprint density at radius 3 is 1.59 bits per heavy atom. The zero-order valence-electron chi connectivity index (χ0n) is 19.6. The molecule has 0 saturated carbocycles. The van der Waals surface area contributed by atoms with Crippen molar-refractivity contribution in [1.29, 1.82) is 0 Å². The minimum absolute atomic E-state index is 0.718. The van der Waals surface area contributed by atoms with E-state index in [0.717, 1.165) is 31.2 Å². The minimum atomic E-state index is -1.96. The second kappa shape index (κ2) is 19.5. The van der Waals surface area contributed by atoms with E-state index in [1.165, 1.54) is 89.9 Å². The van der Waals surface area contributed by atoms with E-state index in [-0.39, 0.29) is 0 Å². The van der Waals surface area contributed by atoms with Crippen molar-refractivity contribution in [1.82, 2.24) is 0 Å². The van der Waals surface area contributed by atoms with E-state index in [0.29, 0.717) is 0 Å². The SMILES string of the molecule is CCCCCCCCCCCCO[Si](CC)(CC)OCC(CC)CCCC. The van der Waals surface area contributed by atoms with Crippen molar-refractivity contribution in [2.45, 2.75) is 137 Å². The van der Waals surface area contributed by atoms with Gasteiger partial charge in [0.2, 0.25) is 0 Å². The molecule has 0 aromatic heterocycles. The molecule has 0 bridgehead atoms. The molecule has 0 aliphatic heterocycles. The van der Waals surface area contributed by atoms with Crippen LogP contribution in [0.3, 0.4) is 0 Å². The maximum atomic E-state index is 6.49. The summed E-state index contributed by atoms with van der Waals surface area (Å²) in [7, 11) is -1.96. The summed E-state index contributed by atoms with van der Waals surface area (Å²) in [5.41, 5.74) is 0. The normalized spacial score (nSPS) is 13.2. The van der Waals surface area contributed by atoms with E-state index in [9.17, 15) is 0 Å². The van der Waals surface area contributed by atoms with Crippen LogP contribution in [-0.2, 0) is 8.85 Å². The van der Waals surface area contributed by atoms with Crippen LogP contribution in [0.2, 0.25) is 12.1 Å². The molecule has 0 aliphatic rings. The number of rotatable bonds is 21. The van der Waals surface area contributed by atoms with Gasteiger partial charge in [0.05, 0.1) is 0 Å². The standard InChI is InChI=1S/C24H52O2Si/c1-6-11-13-14-15-16-17-18-19-20-22-25-27(9-4,10-5)26-23-24(8-3)21-12-7-2/h24H,6-23H2,1-5H3. The zero-order chi connectivity index (χ0) is 20.2. The fraction of sp³-hybridized carbons (Fsp3) is 1.00. The van der Waals surface area contributed by atoms with Crippen molar-refractivity contribution in [3.05, 3.63) is 0 Å². The lowest BCUT2D eigenvalue weighted by atomic mass is 10.0. The second-order valence-electron chi connectivity index (χ2n) is 8.38. The van der Waals surface area contributed by atoms with Crippen LogP contribution in [0.25, 0.3) is 0 Å². The van der Waals surface area contributed by atoms with Crippen LogP contribution in [0.1, 0.15) is 125 Å². The Balaban J connectivity index is 3.86. The van der Waals surface area contributed by atoms with Crippen LogP contribution in [0.15, 0.2) is 0 Å². The number of hydrogen-bond donors (Lipinski definition) is 0. The van der Waals surface area contributed by atoms with Crippen molar-refractivity contribution in [2.24, 2.45) is 5.92 Å². The molecule has 0 saturated heterocycles. The molecule has 0 fully saturated rings. The van der Waals surface area contributed by atoms with Crippen LogP contribution in [0.5, 0.6) is 0 Å². The summed E-state index contributed by atoms with van der Waals surface area (Å²) in [5, 5.41) is 0. The smallest absolute Gasteiger partial charge is 0.337 e. The molecule has 0 amide bonds. The van der Waals surface area contributed by atoms with Gasteiger partial charge in [-0.15, -0.1) is 0 Å². The third-order valence-electron chi connectivity index (χ3n) is 6.07. The van der Waals surface area contributed by atoms with Gasteiger partial charge >= 0.3 is 8.56 Å². The van der Waals surface area contributed by atoms with Gasteiger partial charge in [0.25, 0.3) is 0 Å². The van der Waals surface area contributed by atoms with Crippen molar-refractivity contribution < 1.29 is 8.85 Å². The van der Waals surface area contributed by atoms with Gasteiger partial charge in [-0.1, -0.05) is 112 Å². The first-order chi connectivity index (χ1) is 13.2. The molecule has 0 rings (SSSR count). The Labute approximate surface area is 173 Å². The van der Waals surface area contributed by atoms with Crippen LogP contribution in [0.4, 0.5) is 0 Å². The molecule has 1 atom stereocenters. The van der Waals surface area contributed by atoms with Gasteiger partial charge in [0.15, 0.2) is 0 Å².